The van der Waals surface area contributed by atoms with Crippen LogP contribution in [0, 0.1) is 0 Å². The lowest BCUT2D eigenvalue weighted by atomic mass is 10.0. The van der Waals surface area contributed by atoms with Gasteiger partial charge >= 0.3 is 0 Å². The Hall–Kier alpha value is -0.850. The highest BCUT2D eigenvalue weighted by atomic mass is 35.5. The van der Waals surface area contributed by atoms with E-state index < -0.39 is 0 Å². The molecule has 276 valence electrons. The van der Waals surface area contributed by atoms with Crippen molar-refractivity contribution >= 4 is 11.8 Å². The molecule has 0 bridgehead atoms. The normalized spacial score (nSPS) is 11.4. The Bertz CT molecular complexity index is 602. The van der Waals surface area contributed by atoms with Gasteiger partial charge in [-0.25, -0.2) is 0 Å². The molecule has 0 aliphatic carbocycles. The third-order valence-electron chi connectivity index (χ3n) is 9.60. The fourth-order valence-corrected chi connectivity index (χ4v) is 6.29. The molecule has 0 rings (SSSR count). The van der Waals surface area contributed by atoms with E-state index in [1.54, 1.807) is 0 Å². The molecule has 0 heterocycles. The molecular formula is C39H80ClN3O3. The van der Waals surface area contributed by atoms with Crippen molar-refractivity contribution in [2.45, 2.75) is 194 Å². The summed E-state index contributed by atoms with van der Waals surface area (Å²) < 4.78 is 0.647. The van der Waals surface area contributed by atoms with Gasteiger partial charge in [-0.05, 0) is 12.8 Å². The molecule has 0 aliphatic rings. The van der Waals surface area contributed by atoms with Crippen LogP contribution in [0.3, 0.4) is 0 Å². The summed E-state index contributed by atoms with van der Waals surface area (Å²) in [5.41, 5.74) is 0. The summed E-state index contributed by atoms with van der Waals surface area (Å²) in [6.45, 7) is 8.03. The molecule has 7 heteroatoms. The van der Waals surface area contributed by atoms with Crippen molar-refractivity contribution in [3.63, 3.8) is 0 Å². The number of unbranched alkanes of at least 4 members (excludes halogenated alkanes) is 24. The van der Waals surface area contributed by atoms with Gasteiger partial charge in [0.1, 0.15) is 6.54 Å². The first kappa shape index (κ1) is 47.3. The van der Waals surface area contributed by atoms with Crippen LogP contribution in [0.4, 0.5) is 0 Å². The van der Waals surface area contributed by atoms with Crippen molar-refractivity contribution in [1.82, 2.24) is 10.6 Å². The van der Waals surface area contributed by atoms with E-state index in [-0.39, 0.29) is 30.8 Å². The van der Waals surface area contributed by atoms with Crippen molar-refractivity contribution in [2.75, 3.05) is 46.4 Å². The molecular weight excluding hydrogens is 594 g/mol. The van der Waals surface area contributed by atoms with Crippen molar-refractivity contribution in [1.29, 1.82) is 0 Å². The van der Waals surface area contributed by atoms with Crippen LogP contribution in [0.15, 0.2) is 0 Å². The number of likely N-dealkylation sites (N-methyl/N-ethyl adjacent to an activating group) is 1. The van der Waals surface area contributed by atoms with Crippen molar-refractivity contribution in [3.8, 4) is 0 Å². The predicted molar refractivity (Wildman–Crippen MR) is 195 cm³/mol. The van der Waals surface area contributed by atoms with Gasteiger partial charge in [0.15, 0.2) is 0 Å². The van der Waals surface area contributed by atoms with Gasteiger partial charge in [-0.3, -0.25) is 9.59 Å². The fourth-order valence-electron chi connectivity index (χ4n) is 6.29. The number of aliphatic hydroxyl groups is 1. The molecule has 3 N–H and O–H groups in total. The Labute approximate surface area is 293 Å². The molecule has 0 aromatic carbocycles. The summed E-state index contributed by atoms with van der Waals surface area (Å²) in [6.07, 6.45) is 35.3. The largest absolute Gasteiger partial charge is 1.00 e. The number of carbonyl (C=O) groups excluding carboxylic acids is 2. The fraction of sp³-hybridized carbons (Fsp3) is 0.949. The zero-order valence-corrected chi connectivity index (χ0v) is 31.9. The van der Waals surface area contributed by atoms with Gasteiger partial charge < -0.3 is 32.6 Å². The number of nitrogens with one attached hydrogen (secondary N) is 2. The van der Waals surface area contributed by atoms with E-state index in [1.165, 1.54) is 141 Å². The van der Waals surface area contributed by atoms with Crippen LogP contribution in [-0.4, -0.2) is 67.8 Å². The van der Waals surface area contributed by atoms with E-state index in [0.29, 0.717) is 37.0 Å². The lowest BCUT2D eigenvalue weighted by Gasteiger charge is -2.34. The molecule has 0 radical (unpaired) electrons. The van der Waals surface area contributed by atoms with Crippen LogP contribution in [0.25, 0.3) is 0 Å². The second-order valence-electron chi connectivity index (χ2n) is 14.2. The molecule has 0 unspecified atom stereocenters. The quantitative estimate of drug-likeness (QED) is 0.0517. The lowest BCUT2D eigenvalue weighted by Crippen LogP contribution is -3.00. The highest BCUT2D eigenvalue weighted by Crippen LogP contribution is 2.14. The highest BCUT2D eigenvalue weighted by molar-refractivity contribution is 5.76. The number of aliphatic hydroxyl groups excluding tert-OH is 1. The zero-order chi connectivity index (χ0) is 33.1. The molecule has 0 spiro atoms. The van der Waals surface area contributed by atoms with Crippen LogP contribution in [0.5, 0.6) is 0 Å². The Morgan fingerprint density at radius 3 is 0.978 bits per heavy atom. The van der Waals surface area contributed by atoms with Gasteiger partial charge in [0, 0.05) is 12.8 Å². The highest BCUT2D eigenvalue weighted by Gasteiger charge is 2.21. The second-order valence-corrected chi connectivity index (χ2v) is 14.2. The third-order valence-corrected chi connectivity index (χ3v) is 9.60. The van der Waals surface area contributed by atoms with Gasteiger partial charge in [-0.2, -0.15) is 0 Å². The SMILES string of the molecule is CCCCCCCCCCCCCCCC(=O)NCC[N+](C)(CCO)CCNC(=O)CCCCCCCCCCCCCCC.[Cl-]. The van der Waals surface area contributed by atoms with Crippen molar-refractivity contribution < 1.29 is 31.6 Å². The molecule has 0 aliphatic heterocycles. The Morgan fingerprint density at radius 2 is 0.717 bits per heavy atom. The van der Waals surface area contributed by atoms with Gasteiger partial charge in [0.25, 0.3) is 0 Å². The molecule has 0 atom stereocenters. The molecule has 46 heavy (non-hydrogen) atoms. The second kappa shape index (κ2) is 37.0. The van der Waals surface area contributed by atoms with Crippen molar-refractivity contribution in [2.24, 2.45) is 0 Å². The summed E-state index contributed by atoms with van der Waals surface area (Å²) in [7, 11) is 2.10. The molecule has 0 saturated heterocycles. The summed E-state index contributed by atoms with van der Waals surface area (Å²) in [4.78, 5) is 24.7. The maximum absolute atomic E-state index is 12.3. The Balaban J connectivity index is 0. The zero-order valence-electron chi connectivity index (χ0n) is 31.1. The average molecular weight is 675 g/mol. The number of nitrogens with zero attached hydrogens (tertiary/aromatic N) is 1. The molecule has 2 amide bonds. The summed E-state index contributed by atoms with van der Waals surface area (Å²) >= 11 is 0. The minimum Gasteiger partial charge on any atom is -1.00 e. The number of amides is 2. The maximum Gasteiger partial charge on any atom is 0.220 e. The summed E-state index contributed by atoms with van der Waals surface area (Å²) in [6, 6.07) is 0. The molecule has 0 saturated carbocycles. The van der Waals surface area contributed by atoms with Crippen LogP contribution in [0.1, 0.15) is 194 Å². The Morgan fingerprint density at radius 1 is 0.457 bits per heavy atom. The Kier molecular flexibility index (Phi) is 38.0. The first-order valence-electron chi connectivity index (χ1n) is 19.9. The number of halogens is 1. The monoisotopic (exact) mass is 674 g/mol. The topological polar surface area (TPSA) is 78.4 Å². The first-order chi connectivity index (χ1) is 22.0. The van der Waals surface area contributed by atoms with Gasteiger partial charge in [-0.1, -0.05) is 168 Å². The van der Waals surface area contributed by atoms with E-state index >= 15 is 0 Å². The van der Waals surface area contributed by atoms with Crippen LogP contribution < -0.4 is 23.0 Å². The maximum atomic E-state index is 12.3. The average Bonchev–Trinajstić information content (AvgIpc) is 3.02. The van der Waals surface area contributed by atoms with Crippen LogP contribution >= 0.6 is 0 Å². The van der Waals surface area contributed by atoms with E-state index in [0.717, 1.165) is 38.8 Å². The van der Waals surface area contributed by atoms with E-state index in [9.17, 15) is 14.7 Å². The van der Waals surface area contributed by atoms with E-state index in [1.807, 2.05) is 0 Å². The van der Waals surface area contributed by atoms with E-state index in [2.05, 4.69) is 31.5 Å². The molecule has 6 nitrogen and oxygen atoms in total. The number of rotatable bonds is 36. The standard InChI is InChI=1S/C39H79N3O3.ClH/c1-4-6-8-10-12-14-16-18-20-22-24-26-28-30-38(44)40-32-34-42(3,36-37-43)35-33-41-39(45)31-29-27-25-23-21-19-17-15-13-11-9-7-5-2;/h43H,4-37H2,1-3H3,(H-,40,41,44,45);1H. The third kappa shape index (κ3) is 34.5. The number of hydrogen-bond acceptors (Lipinski definition) is 3. The smallest absolute Gasteiger partial charge is 0.220 e. The summed E-state index contributed by atoms with van der Waals surface area (Å²) in [5, 5.41) is 15.8. The summed E-state index contributed by atoms with van der Waals surface area (Å²) in [5.74, 6) is 0.277. The van der Waals surface area contributed by atoms with Crippen LogP contribution in [0.2, 0.25) is 0 Å². The first-order valence-corrected chi connectivity index (χ1v) is 19.9. The van der Waals surface area contributed by atoms with Gasteiger partial charge in [0.05, 0.1) is 39.8 Å². The van der Waals surface area contributed by atoms with Gasteiger partial charge in [-0.15, -0.1) is 0 Å². The molecule has 0 aromatic heterocycles. The predicted octanol–water partition coefficient (Wildman–Crippen LogP) is 6.62. The molecule has 0 aromatic rings. The van der Waals surface area contributed by atoms with Crippen molar-refractivity contribution in [3.05, 3.63) is 0 Å². The number of quaternary nitrogens is 1. The molecule has 0 fully saturated rings. The van der Waals surface area contributed by atoms with Gasteiger partial charge in [0.2, 0.25) is 11.8 Å². The number of carbonyl (C=O) groups is 2. The van der Waals surface area contributed by atoms with E-state index in [4.69, 9.17) is 0 Å². The number of hydrogen-bond donors (Lipinski definition) is 3. The minimum atomic E-state index is 0. The minimum absolute atomic E-state index is 0. The lowest BCUT2D eigenvalue weighted by molar-refractivity contribution is -0.907. The van der Waals surface area contributed by atoms with Crippen LogP contribution in [-0.2, 0) is 9.59 Å².